The number of nitrogens with zero attached hydrogens (tertiary/aromatic N) is 2. The molecule has 0 fully saturated rings. The number of thioether (sulfide) groups is 1. The van der Waals surface area contributed by atoms with Crippen LogP contribution >= 0.6 is 11.8 Å². The van der Waals surface area contributed by atoms with Crippen molar-refractivity contribution in [3.05, 3.63) is 53.8 Å². The fourth-order valence-electron chi connectivity index (χ4n) is 2.70. The molecule has 7 heteroatoms. The molecule has 0 aliphatic carbocycles. The third-order valence-corrected chi connectivity index (χ3v) is 4.83. The number of carbonyl (C=O) groups is 2. The molecule has 0 saturated carbocycles. The van der Waals surface area contributed by atoms with E-state index in [2.05, 4.69) is 10.3 Å². The lowest BCUT2D eigenvalue weighted by molar-refractivity contribution is -0.114. The molecule has 5 nitrogen and oxygen atoms in total. The number of hydrogen-bond donors (Lipinski definition) is 1. The van der Waals surface area contributed by atoms with Crippen molar-refractivity contribution < 1.29 is 14.0 Å². The summed E-state index contributed by atoms with van der Waals surface area (Å²) >= 11 is 1.29. The van der Waals surface area contributed by atoms with E-state index in [0.29, 0.717) is 5.69 Å². The Morgan fingerprint density at radius 2 is 2.00 bits per heavy atom. The van der Waals surface area contributed by atoms with Crippen LogP contribution < -0.4 is 5.32 Å². The Morgan fingerprint density at radius 1 is 1.23 bits per heavy atom. The number of imidazole rings is 1. The van der Waals surface area contributed by atoms with Crippen molar-refractivity contribution in [2.45, 2.75) is 25.5 Å². The first kappa shape index (κ1) is 18.1. The van der Waals surface area contributed by atoms with Crippen molar-refractivity contribution in [3.63, 3.8) is 0 Å². The molecule has 0 saturated heterocycles. The molecule has 0 aliphatic rings. The van der Waals surface area contributed by atoms with Gasteiger partial charge in [-0.2, -0.15) is 0 Å². The third kappa shape index (κ3) is 3.77. The van der Waals surface area contributed by atoms with Crippen molar-refractivity contribution in [2.24, 2.45) is 0 Å². The minimum atomic E-state index is -0.647. The minimum absolute atomic E-state index is 0.00533. The quantitative estimate of drug-likeness (QED) is 0.523. The maximum Gasteiger partial charge on any atom is 0.221 e. The van der Waals surface area contributed by atoms with Crippen LogP contribution in [0.2, 0.25) is 0 Å². The van der Waals surface area contributed by atoms with E-state index in [1.165, 1.54) is 30.8 Å². The Morgan fingerprint density at radius 3 is 2.69 bits per heavy atom. The van der Waals surface area contributed by atoms with Gasteiger partial charge in [0.25, 0.3) is 0 Å². The lowest BCUT2D eigenvalue weighted by Gasteiger charge is -2.07. The second kappa shape index (κ2) is 7.70. The van der Waals surface area contributed by atoms with Crippen LogP contribution in [0, 0.1) is 5.82 Å². The fraction of sp³-hybridized carbons (Fsp3) is 0.211. The summed E-state index contributed by atoms with van der Waals surface area (Å²) in [5, 5.41) is 3.22. The molecule has 134 valence electrons. The van der Waals surface area contributed by atoms with Gasteiger partial charge in [0, 0.05) is 19.2 Å². The molecular formula is C19H18FN3O2S. The number of fused-ring (bicyclic) bond motifs is 1. The Balaban J connectivity index is 1.76. The van der Waals surface area contributed by atoms with E-state index in [4.69, 9.17) is 0 Å². The molecule has 26 heavy (non-hydrogen) atoms. The molecule has 1 N–H and O–H groups in total. The molecule has 0 atom stereocenters. The molecule has 0 unspecified atom stereocenters. The number of halogens is 1. The van der Waals surface area contributed by atoms with E-state index in [1.54, 1.807) is 0 Å². The van der Waals surface area contributed by atoms with Crippen LogP contribution in [0.25, 0.3) is 11.0 Å². The van der Waals surface area contributed by atoms with E-state index in [-0.39, 0.29) is 23.0 Å². The second-order valence-corrected chi connectivity index (χ2v) is 6.66. The molecule has 3 rings (SSSR count). The average molecular weight is 371 g/mol. The van der Waals surface area contributed by atoms with Gasteiger partial charge in [-0.15, -0.1) is 0 Å². The zero-order valence-corrected chi connectivity index (χ0v) is 15.3. The molecule has 0 spiro atoms. The van der Waals surface area contributed by atoms with Gasteiger partial charge in [0.1, 0.15) is 5.82 Å². The van der Waals surface area contributed by atoms with E-state index in [1.807, 2.05) is 35.8 Å². The number of nitrogens with one attached hydrogen (secondary N) is 1. The average Bonchev–Trinajstić information content (AvgIpc) is 2.96. The first-order valence-electron chi connectivity index (χ1n) is 8.18. The van der Waals surface area contributed by atoms with Gasteiger partial charge < -0.3 is 9.88 Å². The predicted molar refractivity (Wildman–Crippen MR) is 101 cm³/mol. The van der Waals surface area contributed by atoms with Crippen molar-refractivity contribution in [3.8, 4) is 0 Å². The second-order valence-electron chi connectivity index (χ2n) is 5.72. The van der Waals surface area contributed by atoms with Crippen LogP contribution in [0.3, 0.4) is 0 Å². The number of rotatable bonds is 6. The maximum atomic E-state index is 14.2. The number of aromatic nitrogens is 2. The van der Waals surface area contributed by atoms with Crippen molar-refractivity contribution >= 4 is 40.2 Å². The molecule has 2 aromatic carbocycles. The van der Waals surface area contributed by atoms with Crippen molar-refractivity contribution in [1.29, 1.82) is 0 Å². The number of ketones is 1. The van der Waals surface area contributed by atoms with Gasteiger partial charge in [-0.3, -0.25) is 9.59 Å². The molecule has 0 bridgehead atoms. The normalized spacial score (nSPS) is 10.9. The highest BCUT2D eigenvalue weighted by Crippen LogP contribution is 2.25. The topological polar surface area (TPSA) is 64.0 Å². The lowest BCUT2D eigenvalue weighted by atomic mass is 10.1. The zero-order chi connectivity index (χ0) is 18.7. The number of benzene rings is 2. The van der Waals surface area contributed by atoms with Gasteiger partial charge in [0.05, 0.1) is 22.3 Å². The van der Waals surface area contributed by atoms with Crippen molar-refractivity contribution in [1.82, 2.24) is 9.55 Å². The van der Waals surface area contributed by atoms with Crippen LogP contribution in [0.5, 0.6) is 0 Å². The van der Waals surface area contributed by atoms with Crippen LogP contribution in [-0.2, 0) is 11.3 Å². The van der Waals surface area contributed by atoms with E-state index < -0.39 is 5.82 Å². The summed E-state index contributed by atoms with van der Waals surface area (Å²) in [6.07, 6.45) is 0. The number of carbonyl (C=O) groups excluding carboxylic acids is 2. The summed E-state index contributed by atoms with van der Waals surface area (Å²) in [4.78, 5) is 28.0. The first-order valence-corrected chi connectivity index (χ1v) is 9.16. The standard InChI is InChI=1S/C19H18FN3O2S/c1-3-23-17-7-5-4-6-16(17)22-19(23)26-11-18(25)14-9-8-13(10-15(14)20)21-12(2)24/h4-10H,3,11H2,1-2H3,(H,21,24). The van der Waals surface area contributed by atoms with Crippen molar-refractivity contribution in [2.75, 3.05) is 11.1 Å². The van der Waals surface area contributed by atoms with Crippen LogP contribution in [0.15, 0.2) is 47.6 Å². The van der Waals surface area contributed by atoms with E-state index in [9.17, 15) is 14.0 Å². The number of hydrogen-bond acceptors (Lipinski definition) is 4. The molecule has 0 aliphatic heterocycles. The first-order chi connectivity index (χ1) is 12.5. The van der Waals surface area contributed by atoms with E-state index in [0.717, 1.165) is 28.8 Å². The molecule has 3 aromatic rings. The Labute approximate surface area is 154 Å². The molecular weight excluding hydrogens is 353 g/mol. The van der Waals surface area contributed by atoms with Gasteiger partial charge in [-0.1, -0.05) is 23.9 Å². The van der Waals surface area contributed by atoms with Crippen LogP contribution in [0.1, 0.15) is 24.2 Å². The van der Waals surface area contributed by atoms with Gasteiger partial charge in [0.2, 0.25) is 5.91 Å². The molecule has 0 radical (unpaired) electrons. The number of amides is 1. The molecule has 1 amide bonds. The molecule has 1 heterocycles. The Kier molecular flexibility index (Phi) is 5.37. The maximum absolute atomic E-state index is 14.2. The SMILES string of the molecule is CCn1c(SCC(=O)c2ccc(NC(C)=O)cc2F)nc2ccccc21. The Bertz CT molecular complexity index is 984. The van der Waals surface area contributed by atoms with Gasteiger partial charge in [0.15, 0.2) is 10.9 Å². The fourth-order valence-corrected chi connectivity index (χ4v) is 3.66. The van der Waals surface area contributed by atoms with Gasteiger partial charge in [-0.25, -0.2) is 9.37 Å². The number of Topliss-reactive ketones (excluding diaryl/α,β-unsaturated/α-hetero) is 1. The summed E-state index contributed by atoms with van der Waals surface area (Å²) in [7, 11) is 0. The smallest absolute Gasteiger partial charge is 0.221 e. The highest BCUT2D eigenvalue weighted by atomic mass is 32.2. The number of aryl methyl sites for hydroxylation is 1. The summed E-state index contributed by atoms with van der Waals surface area (Å²) < 4.78 is 16.2. The van der Waals surface area contributed by atoms with Gasteiger partial charge >= 0.3 is 0 Å². The third-order valence-electron chi connectivity index (χ3n) is 3.86. The Hall–Kier alpha value is -2.67. The highest BCUT2D eigenvalue weighted by molar-refractivity contribution is 7.99. The van der Waals surface area contributed by atoms with Gasteiger partial charge in [-0.05, 0) is 37.3 Å². The highest BCUT2D eigenvalue weighted by Gasteiger charge is 2.16. The summed E-state index contributed by atoms with van der Waals surface area (Å²) in [6, 6.07) is 11.8. The molecule has 1 aromatic heterocycles. The monoisotopic (exact) mass is 371 g/mol. The summed E-state index contributed by atoms with van der Waals surface area (Å²) in [6.45, 7) is 4.09. The summed E-state index contributed by atoms with van der Waals surface area (Å²) in [5.74, 6) is -1.18. The summed E-state index contributed by atoms with van der Waals surface area (Å²) in [5.41, 5.74) is 2.21. The predicted octanol–water partition coefficient (Wildman–Crippen LogP) is 4.13. The largest absolute Gasteiger partial charge is 0.326 e. The van der Waals surface area contributed by atoms with Crippen LogP contribution in [0.4, 0.5) is 10.1 Å². The van der Waals surface area contributed by atoms with Crippen LogP contribution in [-0.4, -0.2) is 27.0 Å². The number of para-hydroxylation sites is 2. The zero-order valence-electron chi connectivity index (χ0n) is 14.5. The van der Waals surface area contributed by atoms with E-state index >= 15 is 0 Å². The minimum Gasteiger partial charge on any atom is -0.326 e. The lowest BCUT2D eigenvalue weighted by Crippen LogP contribution is -2.09. The number of anilines is 1.